The Morgan fingerprint density at radius 3 is 2.28 bits per heavy atom. The summed E-state index contributed by atoms with van der Waals surface area (Å²) in [5.74, 6) is -0.847. The Labute approximate surface area is 146 Å². The van der Waals surface area contributed by atoms with Crippen LogP contribution in [0.1, 0.15) is 50.8 Å². The lowest BCUT2D eigenvalue weighted by Gasteiger charge is -2.36. The number of piperidine rings is 1. The van der Waals surface area contributed by atoms with Crippen molar-refractivity contribution in [1.29, 1.82) is 0 Å². The first-order valence-corrected chi connectivity index (χ1v) is 8.30. The maximum atomic E-state index is 12.7. The van der Waals surface area contributed by atoms with Gasteiger partial charge in [0.2, 0.25) is 5.91 Å². The van der Waals surface area contributed by atoms with E-state index in [2.05, 4.69) is 0 Å². The summed E-state index contributed by atoms with van der Waals surface area (Å²) in [6, 6.07) is 4.80. The summed E-state index contributed by atoms with van der Waals surface area (Å²) < 4.78 is 0. The van der Waals surface area contributed by atoms with E-state index in [-0.39, 0.29) is 35.2 Å². The molecule has 0 atom stereocenters. The first-order valence-electron chi connectivity index (χ1n) is 8.30. The van der Waals surface area contributed by atoms with Crippen LogP contribution in [0.15, 0.2) is 18.2 Å². The summed E-state index contributed by atoms with van der Waals surface area (Å²) in [6.45, 7) is 2.66. The van der Waals surface area contributed by atoms with E-state index in [1.54, 1.807) is 29.0 Å². The number of carbonyl (C=O) groups excluding carboxylic acids is 4. The van der Waals surface area contributed by atoms with Crippen molar-refractivity contribution in [2.75, 3.05) is 27.2 Å². The van der Waals surface area contributed by atoms with Gasteiger partial charge in [0.15, 0.2) is 0 Å². The van der Waals surface area contributed by atoms with Gasteiger partial charge in [-0.2, -0.15) is 0 Å². The fourth-order valence-electron chi connectivity index (χ4n) is 3.39. The number of nitrogens with zero attached hydrogens (tertiary/aromatic N) is 3. The molecule has 7 nitrogen and oxygen atoms in total. The van der Waals surface area contributed by atoms with Crippen molar-refractivity contribution < 1.29 is 19.2 Å². The van der Waals surface area contributed by atoms with Crippen LogP contribution in [0.2, 0.25) is 0 Å². The second kappa shape index (κ2) is 6.31. The number of carbonyl (C=O) groups is 4. The highest BCUT2D eigenvalue weighted by molar-refractivity contribution is 6.21. The minimum atomic E-state index is -0.378. The standard InChI is InChI=1S/C18H21N3O4/c1-11(22)19(2)13-6-8-21(9-7-13)16(23)12-4-5-14-15(10-12)18(25)20(3)17(14)24/h4-5,10,13H,6-9H2,1-3H3. The van der Waals surface area contributed by atoms with Crippen LogP contribution < -0.4 is 0 Å². The summed E-state index contributed by atoms with van der Waals surface area (Å²) >= 11 is 0. The molecule has 7 heteroatoms. The van der Waals surface area contributed by atoms with Crippen molar-refractivity contribution in [1.82, 2.24) is 14.7 Å². The Morgan fingerprint density at radius 1 is 1.08 bits per heavy atom. The third-order valence-electron chi connectivity index (χ3n) is 5.13. The molecule has 0 aliphatic carbocycles. The fraction of sp³-hybridized carbons (Fsp3) is 0.444. The topological polar surface area (TPSA) is 78.0 Å². The molecule has 2 aliphatic heterocycles. The SMILES string of the molecule is CC(=O)N(C)C1CCN(C(=O)c2ccc3c(c2)C(=O)N(C)C3=O)CC1. The predicted molar refractivity (Wildman–Crippen MR) is 90.2 cm³/mol. The number of amides is 4. The number of imide groups is 1. The van der Waals surface area contributed by atoms with E-state index >= 15 is 0 Å². The maximum absolute atomic E-state index is 12.7. The van der Waals surface area contributed by atoms with Gasteiger partial charge in [-0.05, 0) is 31.0 Å². The van der Waals surface area contributed by atoms with Gasteiger partial charge in [-0.25, -0.2) is 0 Å². The lowest BCUT2D eigenvalue weighted by atomic mass is 10.0. The number of rotatable bonds is 2. The van der Waals surface area contributed by atoms with E-state index in [0.29, 0.717) is 24.2 Å². The number of hydrogen-bond acceptors (Lipinski definition) is 4. The fourth-order valence-corrected chi connectivity index (χ4v) is 3.39. The first-order chi connectivity index (χ1) is 11.8. The molecule has 4 amide bonds. The molecule has 0 radical (unpaired) electrons. The zero-order valence-corrected chi connectivity index (χ0v) is 14.6. The van der Waals surface area contributed by atoms with E-state index in [1.807, 2.05) is 0 Å². The zero-order chi connectivity index (χ0) is 18.3. The molecule has 1 fully saturated rings. The van der Waals surface area contributed by atoms with E-state index in [0.717, 1.165) is 17.7 Å². The Kier molecular flexibility index (Phi) is 4.32. The highest BCUT2D eigenvalue weighted by atomic mass is 16.2. The van der Waals surface area contributed by atoms with Gasteiger partial charge in [-0.3, -0.25) is 24.1 Å². The number of likely N-dealkylation sites (tertiary alicyclic amines) is 1. The molecule has 2 heterocycles. The zero-order valence-electron chi connectivity index (χ0n) is 14.6. The molecule has 0 bridgehead atoms. The number of benzene rings is 1. The van der Waals surface area contributed by atoms with Crippen molar-refractivity contribution in [3.8, 4) is 0 Å². The first kappa shape index (κ1) is 17.1. The second-order valence-electron chi connectivity index (χ2n) is 6.58. The van der Waals surface area contributed by atoms with Crippen molar-refractivity contribution in [3.63, 3.8) is 0 Å². The Balaban J connectivity index is 1.72. The van der Waals surface area contributed by atoms with Gasteiger partial charge in [-0.15, -0.1) is 0 Å². The summed E-state index contributed by atoms with van der Waals surface area (Å²) in [5.41, 5.74) is 1.03. The van der Waals surface area contributed by atoms with Crippen LogP contribution in [0.5, 0.6) is 0 Å². The minimum Gasteiger partial charge on any atom is -0.343 e. The third-order valence-corrected chi connectivity index (χ3v) is 5.13. The lowest BCUT2D eigenvalue weighted by Crippen LogP contribution is -2.46. The largest absolute Gasteiger partial charge is 0.343 e. The predicted octanol–water partition coefficient (Wildman–Crippen LogP) is 0.995. The van der Waals surface area contributed by atoms with Crippen LogP contribution in [0.4, 0.5) is 0 Å². The summed E-state index contributed by atoms with van der Waals surface area (Å²) in [5, 5.41) is 0. The molecule has 0 aromatic heterocycles. The molecule has 132 valence electrons. The molecular weight excluding hydrogens is 322 g/mol. The van der Waals surface area contributed by atoms with Crippen LogP contribution in [-0.4, -0.2) is 71.6 Å². The van der Waals surface area contributed by atoms with Crippen LogP contribution in [-0.2, 0) is 4.79 Å². The average molecular weight is 343 g/mol. The molecule has 1 aromatic carbocycles. The van der Waals surface area contributed by atoms with Crippen LogP contribution in [0, 0.1) is 0 Å². The van der Waals surface area contributed by atoms with E-state index < -0.39 is 0 Å². The number of fused-ring (bicyclic) bond motifs is 1. The minimum absolute atomic E-state index is 0.0238. The van der Waals surface area contributed by atoms with Gasteiger partial charge in [0.05, 0.1) is 11.1 Å². The van der Waals surface area contributed by atoms with Gasteiger partial charge < -0.3 is 9.80 Å². The van der Waals surface area contributed by atoms with Crippen molar-refractivity contribution in [2.45, 2.75) is 25.8 Å². The van der Waals surface area contributed by atoms with E-state index in [9.17, 15) is 19.2 Å². The summed E-state index contributed by atoms with van der Waals surface area (Å²) in [7, 11) is 3.21. The van der Waals surface area contributed by atoms with Crippen LogP contribution >= 0.6 is 0 Å². The Morgan fingerprint density at radius 2 is 1.68 bits per heavy atom. The summed E-state index contributed by atoms with van der Waals surface area (Å²) in [6.07, 6.45) is 1.46. The number of hydrogen-bond donors (Lipinski definition) is 0. The Bertz CT molecular complexity index is 766. The third kappa shape index (κ3) is 2.90. The van der Waals surface area contributed by atoms with E-state index in [4.69, 9.17) is 0 Å². The molecular formula is C18H21N3O4. The van der Waals surface area contributed by atoms with Crippen LogP contribution in [0.25, 0.3) is 0 Å². The van der Waals surface area contributed by atoms with Crippen molar-refractivity contribution >= 4 is 23.6 Å². The molecule has 2 aliphatic rings. The van der Waals surface area contributed by atoms with Gasteiger partial charge in [0.25, 0.3) is 17.7 Å². The maximum Gasteiger partial charge on any atom is 0.261 e. The highest BCUT2D eigenvalue weighted by Gasteiger charge is 2.34. The summed E-state index contributed by atoms with van der Waals surface area (Å²) in [4.78, 5) is 52.7. The molecule has 0 saturated carbocycles. The quantitative estimate of drug-likeness (QED) is 0.751. The van der Waals surface area contributed by atoms with Gasteiger partial charge in [-0.1, -0.05) is 0 Å². The van der Waals surface area contributed by atoms with Gasteiger partial charge >= 0.3 is 0 Å². The molecule has 25 heavy (non-hydrogen) atoms. The highest BCUT2D eigenvalue weighted by Crippen LogP contribution is 2.24. The molecule has 1 aromatic rings. The lowest BCUT2D eigenvalue weighted by molar-refractivity contribution is -0.130. The van der Waals surface area contributed by atoms with Crippen molar-refractivity contribution in [3.05, 3.63) is 34.9 Å². The van der Waals surface area contributed by atoms with Crippen LogP contribution in [0.3, 0.4) is 0 Å². The monoisotopic (exact) mass is 343 g/mol. The van der Waals surface area contributed by atoms with Gasteiger partial charge in [0, 0.05) is 45.7 Å². The molecule has 1 saturated heterocycles. The normalized spacial score (nSPS) is 17.7. The molecule has 0 N–H and O–H groups in total. The van der Waals surface area contributed by atoms with E-state index in [1.165, 1.54) is 20.0 Å². The average Bonchev–Trinajstić information content (AvgIpc) is 2.84. The molecule has 0 spiro atoms. The smallest absolute Gasteiger partial charge is 0.261 e. The molecule has 3 rings (SSSR count). The van der Waals surface area contributed by atoms with Gasteiger partial charge in [0.1, 0.15) is 0 Å². The molecule has 0 unspecified atom stereocenters. The second-order valence-corrected chi connectivity index (χ2v) is 6.58. The van der Waals surface area contributed by atoms with Crippen molar-refractivity contribution in [2.24, 2.45) is 0 Å². The Hall–Kier alpha value is -2.70.